The third-order valence-corrected chi connectivity index (χ3v) is 2.20. The van der Waals surface area contributed by atoms with Crippen LogP contribution < -0.4 is 5.73 Å². The van der Waals surface area contributed by atoms with Crippen LogP contribution in [0.4, 0.5) is 5.69 Å². The number of nitrogen functional groups attached to an aromatic ring is 1. The van der Waals surface area contributed by atoms with Crippen LogP contribution in [0.15, 0.2) is 12.1 Å². The number of carbonyl (C=O) groups is 1. The zero-order chi connectivity index (χ0) is 10.7. The minimum Gasteiger partial charge on any atom is -0.398 e. The van der Waals surface area contributed by atoms with E-state index in [4.69, 9.17) is 22.6 Å². The zero-order valence-corrected chi connectivity index (χ0v) is 8.43. The molecule has 0 atom stereocenters. The van der Waals surface area contributed by atoms with Crippen LogP contribution in [0.25, 0.3) is 0 Å². The maximum absolute atomic E-state index is 11.4. The van der Waals surface area contributed by atoms with Crippen LogP contribution in [0.2, 0.25) is 0 Å². The highest BCUT2D eigenvalue weighted by molar-refractivity contribution is 6.31. The molecule has 0 aliphatic carbocycles. The minimum atomic E-state index is -0.315. The fourth-order valence-corrected chi connectivity index (χ4v) is 1.37. The fourth-order valence-electron chi connectivity index (χ4n) is 1.23. The highest BCUT2D eigenvalue weighted by Gasteiger charge is 2.15. The second-order valence-corrected chi connectivity index (χ2v) is 3.16. The van der Waals surface area contributed by atoms with Crippen molar-refractivity contribution in [2.24, 2.45) is 0 Å². The van der Waals surface area contributed by atoms with E-state index in [-0.39, 0.29) is 17.2 Å². The number of ketones is 1. The van der Waals surface area contributed by atoms with Crippen molar-refractivity contribution < 1.29 is 4.79 Å². The molecule has 0 bridgehead atoms. The predicted molar refractivity (Wildman–Crippen MR) is 55.4 cm³/mol. The number of nitrogens with zero attached hydrogens (tertiary/aromatic N) is 1. The smallest absolute Gasteiger partial charge is 0.180 e. The Bertz CT molecular complexity index is 421. The van der Waals surface area contributed by atoms with Crippen LogP contribution in [-0.4, -0.2) is 11.7 Å². The van der Waals surface area contributed by atoms with E-state index in [0.717, 1.165) is 5.56 Å². The van der Waals surface area contributed by atoms with E-state index in [1.165, 1.54) is 0 Å². The summed E-state index contributed by atoms with van der Waals surface area (Å²) in [5.74, 6) is -0.480. The number of nitriles is 1. The lowest BCUT2D eigenvalue weighted by atomic mass is 9.98. The number of rotatable bonds is 2. The van der Waals surface area contributed by atoms with Crippen molar-refractivity contribution >= 4 is 23.1 Å². The van der Waals surface area contributed by atoms with E-state index in [2.05, 4.69) is 0 Å². The molecule has 0 heterocycles. The number of benzene rings is 1. The Labute approximate surface area is 87.1 Å². The molecule has 4 heteroatoms. The van der Waals surface area contributed by atoms with Crippen molar-refractivity contribution in [1.82, 2.24) is 0 Å². The maximum Gasteiger partial charge on any atom is 0.180 e. The lowest BCUT2D eigenvalue weighted by molar-refractivity contribution is 0.102. The molecule has 0 aliphatic rings. The SMILES string of the molecule is Cc1ccc(N)c(C(=O)CCl)c1C#N. The average molecular weight is 209 g/mol. The lowest BCUT2D eigenvalue weighted by Gasteiger charge is -2.07. The Kier molecular flexibility index (Phi) is 3.10. The molecule has 0 saturated carbocycles. The second-order valence-electron chi connectivity index (χ2n) is 2.89. The van der Waals surface area contributed by atoms with E-state index in [9.17, 15) is 4.79 Å². The van der Waals surface area contributed by atoms with Crippen molar-refractivity contribution in [2.75, 3.05) is 11.6 Å². The number of aryl methyl sites for hydroxylation is 1. The molecule has 0 amide bonds. The van der Waals surface area contributed by atoms with Gasteiger partial charge in [0.15, 0.2) is 5.78 Å². The molecular weight excluding hydrogens is 200 g/mol. The second kappa shape index (κ2) is 4.12. The van der Waals surface area contributed by atoms with Gasteiger partial charge < -0.3 is 5.73 Å². The summed E-state index contributed by atoms with van der Waals surface area (Å²) in [6.45, 7) is 1.75. The summed E-state index contributed by atoms with van der Waals surface area (Å²) >= 11 is 5.43. The van der Waals surface area contributed by atoms with Crippen molar-refractivity contribution in [1.29, 1.82) is 5.26 Å². The molecule has 1 rings (SSSR count). The van der Waals surface area contributed by atoms with Gasteiger partial charge in [0.05, 0.1) is 17.0 Å². The van der Waals surface area contributed by atoms with Crippen LogP contribution in [0.3, 0.4) is 0 Å². The summed E-state index contributed by atoms with van der Waals surface area (Å²) < 4.78 is 0. The number of anilines is 1. The summed E-state index contributed by atoms with van der Waals surface area (Å²) in [7, 11) is 0. The first-order valence-electron chi connectivity index (χ1n) is 4.00. The molecule has 1 aromatic rings. The topological polar surface area (TPSA) is 66.9 Å². The van der Waals surface area contributed by atoms with Gasteiger partial charge in [-0.3, -0.25) is 4.79 Å². The Hall–Kier alpha value is -1.53. The average Bonchev–Trinajstić information content (AvgIpc) is 2.19. The highest BCUT2D eigenvalue weighted by atomic mass is 35.5. The number of hydrogen-bond acceptors (Lipinski definition) is 3. The van der Waals surface area contributed by atoms with E-state index in [1.807, 2.05) is 6.07 Å². The van der Waals surface area contributed by atoms with Crippen LogP contribution in [0.5, 0.6) is 0 Å². The third-order valence-electron chi connectivity index (χ3n) is 1.96. The molecule has 72 valence electrons. The van der Waals surface area contributed by atoms with Gasteiger partial charge in [0, 0.05) is 5.69 Å². The third kappa shape index (κ3) is 1.70. The number of nitrogens with two attached hydrogens (primary N) is 1. The van der Waals surface area contributed by atoms with Crippen LogP contribution in [0, 0.1) is 18.3 Å². The summed E-state index contributed by atoms with van der Waals surface area (Å²) in [6, 6.07) is 5.27. The molecule has 2 N–H and O–H groups in total. The van der Waals surface area contributed by atoms with Gasteiger partial charge in [-0.05, 0) is 18.6 Å². The number of hydrogen-bond donors (Lipinski definition) is 1. The van der Waals surface area contributed by atoms with Crippen LogP contribution in [-0.2, 0) is 0 Å². The molecule has 0 aromatic heterocycles. The molecule has 0 fully saturated rings. The van der Waals surface area contributed by atoms with Gasteiger partial charge in [-0.15, -0.1) is 11.6 Å². The predicted octanol–water partition coefficient (Wildman–Crippen LogP) is 1.87. The molecule has 0 aliphatic heterocycles. The van der Waals surface area contributed by atoms with Crippen LogP contribution >= 0.6 is 11.6 Å². The molecule has 0 radical (unpaired) electrons. The van der Waals surface area contributed by atoms with Gasteiger partial charge in [0.25, 0.3) is 0 Å². The minimum absolute atomic E-state index is 0.164. The quantitative estimate of drug-likeness (QED) is 0.458. The first-order chi connectivity index (χ1) is 6.61. The van der Waals surface area contributed by atoms with Crippen molar-refractivity contribution in [3.8, 4) is 6.07 Å². The van der Waals surface area contributed by atoms with Gasteiger partial charge in [0.1, 0.15) is 6.07 Å². The summed E-state index contributed by atoms with van der Waals surface area (Å²) in [4.78, 5) is 11.4. The number of halogens is 1. The van der Waals surface area contributed by atoms with E-state index >= 15 is 0 Å². The van der Waals surface area contributed by atoms with Crippen molar-refractivity contribution in [3.63, 3.8) is 0 Å². The van der Waals surface area contributed by atoms with Gasteiger partial charge in [0.2, 0.25) is 0 Å². The van der Waals surface area contributed by atoms with Gasteiger partial charge in [-0.2, -0.15) is 5.26 Å². The lowest BCUT2D eigenvalue weighted by Crippen LogP contribution is -2.08. The summed E-state index contributed by atoms with van der Waals surface area (Å²) in [5.41, 5.74) is 7.20. The van der Waals surface area contributed by atoms with Crippen molar-refractivity contribution in [2.45, 2.75) is 6.92 Å². The van der Waals surface area contributed by atoms with E-state index < -0.39 is 0 Å². The van der Waals surface area contributed by atoms with Gasteiger partial charge in [-0.25, -0.2) is 0 Å². The normalized spacial score (nSPS) is 9.50. The maximum atomic E-state index is 11.4. The molecule has 1 aromatic carbocycles. The standard InChI is InChI=1S/C10H9ClN2O/c1-6-2-3-8(13)10(7(6)5-12)9(14)4-11/h2-3H,4,13H2,1H3. The molecule has 0 saturated heterocycles. The Morgan fingerprint density at radius 3 is 2.79 bits per heavy atom. The molecule has 0 unspecified atom stereocenters. The largest absolute Gasteiger partial charge is 0.398 e. The molecule has 3 nitrogen and oxygen atoms in total. The first kappa shape index (κ1) is 10.6. The van der Waals surface area contributed by atoms with Gasteiger partial charge in [-0.1, -0.05) is 6.07 Å². The number of Topliss-reactive ketones (excluding diaryl/α,β-unsaturated/α-hetero) is 1. The Balaban J connectivity index is 3.47. The van der Waals surface area contributed by atoms with Crippen molar-refractivity contribution in [3.05, 3.63) is 28.8 Å². The summed E-state index contributed by atoms with van der Waals surface area (Å²) in [5, 5.41) is 8.87. The van der Waals surface area contributed by atoms with Gasteiger partial charge >= 0.3 is 0 Å². The van der Waals surface area contributed by atoms with Crippen LogP contribution in [0.1, 0.15) is 21.5 Å². The zero-order valence-electron chi connectivity index (χ0n) is 7.67. The Morgan fingerprint density at radius 2 is 2.29 bits per heavy atom. The number of carbonyl (C=O) groups excluding carboxylic acids is 1. The van der Waals surface area contributed by atoms with E-state index in [1.54, 1.807) is 19.1 Å². The molecular formula is C10H9ClN2O. The first-order valence-corrected chi connectivity index (χ1v) is 4.53. The molecule has 0 spiro atoms. The highest BCUT2D eigenvalue weighted by Crippen LogP contribution is 2.21. The number of alkyl halides is 1. The Morgan fingerprint density at radius 1 is 1.64 bits per heavy atom. The fraction of sp³-hybridized carbons (Fsp3) is 0.200. The summed E-state index contributed by atoms with van der Waals surface area (Å²) in [6.07, 6.45) is 0. The monoisotopic (exact) mass is 208 g/mol. The molecule has 14 heavy (non-hydrogen) atoms. The van der Waals surface area contributed by atoms with E-state index in [0.29, 0.717) is 11.3 Å².